The highest BCUT2D eigenvalue weighted by Crippen LogP contribution is 2.00. The van der Waals surface area contributed by atoms with Gasteiger partial charge in [-0.1, -0.05) is 35.2 Å². The van der Waals surface area contributed by atoms with E-state index in [9.17, 15) is 0 Å². The number of nitrogens with zero attached hydrogens (tertiary/aromatic N) is 2. The molecule has 3 heteroatoms. The van der Waals surface area contributed by atoms with E-state index in [1.165, 1.54) is 6.21 Å². The molecule has 0 radical (unpaired) electrons. The molecule has 82 valence electrons. The lowest BCUT2D eigenvalue weighted by Gasteiger charge is -1.92. The molecule has 0 aliphatic carbocycles. The molecule has 2 aromatic rings. The van der Waals surface area contributed by atoms with E-state index in [4.69, 9.17) is 5.21 Å². The molecule has 0 amide bonds. The van der Waals surface area contributed by atoms with Crippen LogP contribution in [0.4, 0.5) is 0 Å². The van der Waals surface area contributed by atoms with Gasteiger partial charge in [0.2, 0.25) is 0 Å². The summed E-state index contributed by atoms with van der Waals surface area (Å²) in [5.74, 6) is 6.07. The summed E-state index contributed by atoms with van der Waals surface area (Å²) in [5, 5.41) is 11.3. The van der Waals surface area contributed by atoms with E-state index in [1.807, 2.05) is 36.4 Å². The lowest BCUT2D eigenvalue weighted by Crippen LogP contribution is -1.87. The van der Waals surface area contributed by atoms with Crippen molar-refractivity contribution in [3.63, 3.8) is 0 Å². The number of aromatic nitrogens is 1. The van der Waals surface area contributed by atoms with Crippen LogP contribution in [0.5, 0.6) is 0 Å². The summed E-state index contributed by atoms with van der Waals surface area (Å²) in [6.45, 7) is 0. The Morgan fingerprint density at radius 3 is 2.59 bits per heavy atom. The quantitative estimate of drug-likeness (QED) is 0.348. The van der Waals surface area contributed by atoms with E-state index in [-0.39, 0.29) is 0 Å². The van der Waals surface area contributed by atoms with Gasteiger partial charge in [-0.25, -0.2) is 0 Å². The number of rotatable bonds is 1. The molecule has 1 aromatic heterocycles. The maximum Gasteiger partial charge on any atom is 0.0918 e. The van der Waals surface area contributed by atoms with Crippen molar-refractivity contribution >= 4 is 6.21 Å². The second-order valence-corrected chi connectivity index (χ2v) is 3.33. The highest BCUT2D eigenvalue weighted by molar-refractivity contribution is 5.76. The van der Waals surface area contributed by atoms with E-state index in [1.54, 1.807) is 12.3 Å². The van der Waals surface area contributed by atoms with E-state index in [0.29, 0.717) is 5.69 Å². The molecule has 0 unspecified atom stereocenters. The third-order valence-electron chi connectivity index (χ3n) is 2.10. The molecule has 0 bridgehead atoms. The van der Waals surface area contributed by atoms with Crippen LogP contribution in [0.25, 0.3) is 0 Å². The highest BCUT2D eigenvalue weighted by atomic mass is 16.4. The average molecular weight is 222 g/mol. The van der Waals surface area contributed by atoms with Crippen molar-refractivity contribution in [1.29, 1.82) is 0 Å². The van der Waals surface area contributed by atoms with Crippen LogP contribution >= 0.6 is 0 Å². The molecule has 0 spiro atoms. The molecule has 0 atom stereocenters. The summed E-state index contributed by atoms with van der Waals surface area (Å²) < 4.78 is 0. The van der Waals surface area contributed by atoms with Crippen LogP contribution < -0.4 is 0 Å². The fraction of sp³-hybridized carbons (Fsp3) is 0. The zero-order valence-electron chi connectivity index (χ0n) is 9.04. The zero-order valence-corrected chi connectivity index (χ0v) is 9.04. The maximum absolute atomic E-state index is 8.41. The third kappa shape index (κ3) is 3.18. The zero-order chi connectivity index (χ0) is 11.9. The normalized spacial score (nSPS) is 9.88. The highest BCUT2D eigenvalue weighted by Gasteiger charge is 1.91. The van der Waals surface area contributed by atoms with Crippen LogP contribution in [0.15, 0.2) is 53.8 Å². The Balaban J connectivity index is 2.25. The molecule has 0 aliphatic heterocycles. The molecule has 1 heterocycles. The van der Waals surface area contributed by atoms with Crippen LogP contribution in [0, 0.1) is 11.8 Å². The van der Waals surface area contributed by atoms with Crippen molar-refractivity contribution in [2.75, 3.05) is 0 Å². The first-order valence-corrected chi connectivity index (χ1v) is 5.09. The van der Waals surface area contributed by atoms with Crippen LogP contribution in [-0.2, 0) is 0 Å². The Hall–Kier alpha value is -2.60. The smallest absolute Gasteiger partial charge is 0.0918 e. The minimum Gasteiger partial charge on any atom is -0.411 e. The summed E-state index contributed by atoms with van der Waals surface area (Å²) in [5.41, 5.74) is 2.37. The van der Waals surface area contributed by atoms with Crippen molar-refractivity contribution in [2.45, 2.75) is 0 Å². The van der Waals surface area contributed by atoms with Gasteiger partial charge in [0.15, 0.2) is 0 Å². The second-order valence-electron chi connectivity index (χ2n) is 3.33. The SMILES string of the molecule is ON=Cc1cc(C#Cc2ccccc2)ccn1. The molecular weight excluding hydrogens is 212 g/mol. The monoisotopic (exact) mass is 222 g/mol. The van der Waals surface area contributed by atoms with E-state index >= 15 is 0 Å². The van der Waals surface area contributed by atoms with E-state index < -0.39 is 0 Å². The number of hydrogen-bond acceptors (Lipinski definition) is 3. The maximum atomic E-state index is 8.41. The van der Waals surface area contributed by atoms with Gasteiger partial charge in [0.25, 0.3) is 0 Å². The van der Waals surface area contributed by atoms with Gasteiger partial charge in [0, 0.05) is 17.3 Å². The Morgan fingerprint density at radius 1 is 1.06 bits per heavy atom. The summed E-state index contributed by atoms with van der Waals surface area (Å²) >= 11 is 0. The fourth-order valence-corrected chi connectivity index (χ4v) is 1.32. The topological polar surface area (TPSA) is 45.5 Å². The van der Waals surface area contributed by atoms with Gasteiger partial charge in [0.05, 0.1) is 11.9 Å². The molecule has 0 fully saturated rings. The molecule has 2 rings (SSSR count). The largest absolute Gasteiger partial charge is 0.411 e. The van der Waals surface area contributed by atoms with Crippen molar-refractivity contribution in [3.05, 3.63) is 65.5 Å². The first-order valence-electron chi connectivity index (χ1n) is 5.09. The first-order chi connectivity index (χ1) is 8.38. The van der Waals surface area contributed by atoms with Gasteiger partial charge in [-0.15, -0.1) is 0 Å². The fourth-order valence-electron chi connectivity index (χ4n) is 1.32. The van der Waals surface area contributed by atoms with Gasteiger partial charge in [-0.05, 0) is 24.3 Å². The third-order valence-corrected chi connectivity index (χ3v) is 2.10. The molecule has 17 heavy (non-hydrogen) atoms. The standard InChI is InChI=1S/C14H10N2O/c17-16-11-14-10-13(8-9-15-14)7-6-12-4-2-1-3-5-12/h1-5,8-11,17H. The summed E-state index contributed by atoms with van der Waals surface area (Å²) in [6, 6.07) is 13.3. The van der Waals surface area contributed by atoms with Gasteiger partial charge in [-0.2, -0.15) is 0 Å². The van der Waals surface area contributed by atoms with Crippen molar-refractivity contribution in [1.82, 2.24) is 4.98 Å². The molecule has 3 nitrogen and oxygen atoms in total. The predicted octanol–water partition coefficient (Wildman–Crippen LogP) is 2.29. The molecular formula is C14H10N2O. The Morgan fingerprint density at radius 2 is 1.82 bits per heavy atom. The lowest BCUT2D eigenvalue weighted by atomic mass is 10.2. The van der Waals surface area contributed by atoms with Crippen LogP contribution in [0.2, 0.25) is 0 Å². The number of benzene rings is 1. The summed E-state index contributed by atoms with van der Waals surface area (Å²) in [6.07, 6.45) is 2.90. The van der Waals surface area contributed by atoms with E-state index in [0.717, 1.165) is 11.1 Å². The van der Waals surface area contributed by atoms with Gasteiger partial charge < -0.3 is 5.21 Å². The molecule has 1 N–H and O–H groups in total. The molecule has 1 aromatic carbocycles. The second kappa shape index (κ2) is 5.47. The van der Waals surface area contributed by atoms with Crippen LogP contribution in [0.1, 0.15) is 16.8 Å². The van der Waals surface area contributed by atoms with Crippen molar-refractivity contribution < 1.29 is 5.21 Å². The Bertz CT molecular complexity index is 580. The average Bonchev–Trinajstić information content (AvgIpc) is 2.39. The first kappa shape index (κ1) is 10.9. The minimum absolute atomic E-state index is 0.576. The number of pyridine rings is 1. The predicted molar refractivity (Wildman–Crippen MR) is 66.0 cm³/mol. The Labute approximate surface area is 99.4 Å². The minimum atomic E-state index is 0.576. The van der Waals surface area contributed by atoms with Gasteiger partial charge in [0.1, 0.15) is 0 Å². The molecule has 0 saturated carbocycles. The van der Waals surface area contributed by atoms with Gasteiger partial charge in [-0.3, -0.25) is 4.98 Å². The van der Waals surface area contributed by atoms with Crippen LogP contribution in [-0.4, -0.2) is 16.4 Å². The van der Waals surface area contributed by atoms with Crippen LogP contribution in [0.3, 0.4) is 0 Å². The van der Waals surface area contributed by atoms with Gasteiger partial charge >= 0.3 is 0 Å². The molecule has 0 aliphatic rings. The summed E-state index contributed by atoms with van der Waals surface area (Å²) in [4.78, 5) is 4.01. The van der Waals surface area contributed by atoms with E-state index in [2.05, 4.69) is 22.0 Å². The van der Waals surface area contributed by atoms with Crippen molar-refractivity contribution in [3.8, 4) is 11.8 Å². The molecule has 0 saturated heterocycles. The van der Waals surface area contributed by atoms with Crippen molar-refractivity contribution in [2.24, 2.45) is 5.16 Å². The lowest BCUT2D eigenvalue weighted by molar-refractivity contribution is 0.321. The number of hydrogen-bond donors (Lipinski definition) is 1. The summed E-state index contributed by atoms with van der Waals surface area (Å²) in [7, 11) is 0. The Kier molecular flexibility index (Phi) is 3.51. The number of oxime groups is 1.